The van der Waals surface area contributed by atoms with Gasteiger partial charge < -0.3 is 4.90 Å². The van der Waals surface area contributed by atoms with Gasteiger partial charge in [0.1, 0.15) is 6.17 Å². The van der Waals surface area contributed by atoms with Crippen molar-refractivity contribution in [3.8, 4) is 0 Å². The molecule has 3 aliphatic rings. The average Bonchev–Trinajstić information content (AvgIpc) is 3.58. The fourth-order valence-electron chi connectivity index (χ4n) is 7.00. The topological polar surface area (TPSA) is 6.48 Å². The summed E-state index contributed by atoms with van der Waals surface area (Å²) in [5.74, 6) is 0.649. The van der Waals surface area contributed by atoms with Crippen molar-refractivity contribution >= 4 is 5.69 Å². The van der Waals surface area contributed by atoms with Crippen LogP contribution < -0.4 is 4.90 Å². The van der Waals surface area contributed by atoms with E-state index in [4.69, 9.17) is 0 Å². The number of fused-ring (bicyclic) bond motifs is 1. The lowest BCUT2D eigenvalue weighted by Crippen LogP contribution is -2.50. The van der Waals surface area contributed by atoms with E-state index in [1.165, 1.54) is 48.1 Å². The Morgan fingerprint density at radius 3 is 2.12 bits per heavy atom. The van der Waals surface area contributed by atoms with Crippen LogP contribution in [0.2, 0.25) is 0 Å². The van der Waals surface area contributed by atoms with Gasteiger partial charge in [0.2, 0.25) is 0 Å². The number of para-hydroxylation sites is 1. The lowest BCUT2D eigenvalue weighted by Gasteiger charge is -2.47. The van der Waals surface area contributed by atoms with E-state index in [1.807, 2.05) is 0 Å². The first-order chi connectivity index (χ1) is 16.2. The SMILES string of the molecule is Cc1ccccc1N1C(c2ccccc2)N2C(C=CC2(c2ccccc2)C2CCCC2)[C@@H]1C. The average molecular weight is 435 g/mol. The Hall–Kier alpha value is -2.84. The van der Waals surface area contributed by atoms with Crippen molar-refractivity contribution in [1.82, 2.24) is 4.90 Å². The van der Waals surface area contributed by atoms with Gasteiger partial charge in [0.05, 0.1) is 11.6 Å². The van der Waals surface area contributed by atoms with Crippen LogP contribution in [0.15, 0.2) is 97.1 Å². The van der Waals surface area contributed by atoms with Crippen LogP contribution in [0, 0.1) is 12.8 Å². The Labute approximate surface area is 198 Å². The van der Waals surface area contributed by atoms with E-state index >= 15 is 0 Å². The molecule has 3 aromatic rings. The Morgan fingerprint density at radius 2 is 1.42 bits per heavy atom. The number of hydrogen-bond donors (Lipinski definition) is 0. The van der Waals surface area contributed by atoms with Crippen LogP contribution in [0.1, 0.15) is 55.5 Å². The molecule has 2 aliphatic heterocycles. The maximum absolute atomic E-state index is 2.88. The van der Waals surface area contributed by atoms with Crippen LogP contribution in [-0.2, 0) is 5.54 Å². The summed E-state index contributed by atoms with van der Waals surface area (Å²) in [7, 11) is 0. The summed E-state index contributed by atoms with van der Waals surface area (Å²) in [5.41, 5.74) is 5.48. The van der Waals surface area contributed by atoms with Crippen molar-refractivity contribution in [1.29, 1.82) is 0 Å². The van der Waals surface area contributed by atoms with E-state index in [-0.39, 0.29) is 11.7 Å². The summed E-state index contributed by atoms with van der Waals surface area (Å²) in [4.78, 5) is 5.58. The maximum Gasteiger partial charge on any atom is 0.110 e. The van der Waals surface area contributed by atoms with Gasteiger partial charge in [-0.15, -0.1) is 0 Å². The second-order valence-electron chi connectivity index (χ2n) is 10.1. The second kappa shape index (κ2) is 8.18. The Morgan fingerprint density at radius 1 is 0.788 bits per heavy atom. The third-order valence-electron chi connectivity index (χ3n) is 8.46. The van der Waals surface area contributed by atoms with Crippen molar-refractivity contribution in [2.24, 2.45) is 5.92 Å². The molecule has 1 saturated carbocycles. The third-order valence-corrected chi connectivity index (χ3v) is 8.46. The van der Waals surface area contributed by atoms with Gasteiger partial charge in [-0.2, -0.15) is 0 Å². The van der Waals surface area contributed by atoms with Gasteiger partial charge in [-0.25, -0.2) is 0 Å². The molecule has 2 heteroatoms. The van der Waals surface area contributed by atoms with Gasteiger partial charge in [-0.1, -0.05) is 104 Å². The minimum atomic E-state index is -0.0609. The molecule has 168 valence electrons. The zero-order valence-corrected chi connectivity index (χ0v) is 19.8. The minimum absolute atomic E-state index is 0.0609. The standard InChI is InChI=1S/C31H34N2/c1-23-13-9-12-20-28(23)32-24(2)29-21-22-31(27-18-10-11-19-27,26-16-7-4-8-17-26)33(29)30(32)25-14-5-3-6-15-25/h3-9,12-17,20-22,24,27,29-30H,10-11,18-19H2,1-2H3/t24-,29?,30?,31?/m0/s1. The summed E-state index contributed by atoms with van der Waals surface area (Å²) in [6.45, 7) is 4.68. The van der Waals surface area contributed by atoms with Crippen molar-refractivity contribution < 1.29 is 0 Å². The molecule has 2 fully saturated rings. The van der Waals surface area contributed by atoms with Gasteiger partial charge in [0.25, 0.3) is 0 Å². The van der Waals surface area contributed by atoms with E-state index < -0.39 is 0 Å². The highest BCUT2D eigenvalue weighted by molar-refractivity contribution is 5.59. The van der Waals surface area contributed by atoms with E-state index in [0.717, 1.165) is 0 Å². The molecule has 0 radical (unpaired) electrons. The lowest BCUT2D eigenvalue weighted by atomic mass is 9.76. The zero-order valence-electron chi connectivity index (χ0n) is 19.8. The molecule has 0 aromatic heterocycles. The van der Waals surface area contributed by atoms with Crippen LogP contribution in [0.25, 0.3) is 0 Å². The summed E-state index contributed by atoms with van der Waals surface area (Å²) in [6.07, 6.45) is 10.6. The predicted octanol–water partition coefficient (Wildman–Crippen LogP) is 7.23. The highest BCUT2D eigenvalue weighted by Crippen LogP contribution is 2.57. The molecule has 6 rings (SSSR count). The van der Waals surface area contributed by atoms with Crippen LogP contribution >= 0.6 is 0 Å². The molecule has 1 saturated heterocycles. The van der Waals surface area contributed by atoms with Gasteiger partial charge in [0.15, 0.2) is 0 Å². The second-order valence-corrected chi connectivity index (χ2v) is 10.1. The van der Waals surface area contributed by atoms with Crippen LogP contribution in [0.5, 0.6) is 0 Å². The molecule has 0 N–H and O–H groups in total. The first kappa shape index (κ1) is 20.7. The molecule has 1 aliphatic carbocycles. The van der Waals surface area contributed by atoms with Crippen LogP contribution in [-0.4, -0.2) is 17.0 Å². The van der Waals surface area contributed by atoms with E-state index in [0.29, 0.717) is 18.0 Å². The van der Waals surface area contributed by atoms with Crippen molar-refractivity contribution in [2.45, 2.75) is 63.3 Å². The predicted molar refractivity (Wildman–Crippen MR) is 137 cm³/mol. The fourth-order valence-corrected chi connectivity index (χ4v) is 7.00. The highest BCUT2D eigenvalue weighted by atomic mass is 15.5. The molecule has 0 amide bonds. The summed E-state index contributed by atoms with van der Waals surface area (Å²) < 4.78 is 0. The van der Waals surface area contributed by atoms with Crippen molar-refractivity contribution in [2.75, 3.05) is 4.90 Å². The van der Waals surface area contributed by atoms with Gasteiger partial charge >= 0.3 is 0 Å². The van der Waals surface area contributed by atoms with E-state index in [9.17, 15) is 0 Å². The fraction of sp³-hybridized carbons (Fsp3) is 0.355. The van der Waals surface area contributed by atoms with Gasteiger partial charge in [-0.3, -0.25) is 4.90 Å². The molecular formula is C31H34N2. The lowest BCUT2D eigenvalue weighted by molar-refractivity contribution is 0.0528. The van der Waals surface area contributed by atoms with Crippen LogP contribution in [0.4, 0.5) is 5.69 Å². The number of hydrogen-bond acceptors (Lipinski definition) is 2. The summed E-state index contributed by atoms with van der Waals surface area (Å²) in [5, 5.41) is 0. The molecule has 3 aromatic carbocycles. The normalized spacial score (nSPS) is 29.6. The minimum Gasteiger partial charge on any atom is -0.347 e. The number of benzene rings is 3. The number of rotatable bonds is 4. The number of aryl methyl sites for hydroxylation is 1. The number of anilines is 1. The summed E-state index contributed by atoms with van der Waals surface area (Å²) in [6, 6.07) is 32.2. The molecule has 3 unspecified atom stereocenters. The highest BCUT2D eigenvalue weighted by Gasteiger charge is 2.59. The van der Waals surface area contributed by atoms with Crippen molar-refractivity contribution in [3.63, 3.8) is 0 Å². The quantitative estimate of drug-likeness (QED) is 0.400. The summed E-state index contributed by atoms with van der Waals surface area (Å²) >= 11 is 0. The number of nitrogens with zero attached hydrogens (tertiary/aromatic N) is 2. The molecule has 2 nitrogen and oxygen atoms in total. The third kappa shape index (κ3) is 3.11. The maximum atomic E-state index is 2.88. The molecule has 2 heterocycles. The van der Waals surface area contributed by atoms with Crippen molar-refractivity contribution in [3.05, 3.63) is 114 Å². The first-order valence-electron chi connectivity index (χ1n) is 12.6. The first-order valence-corrected chi connectivity index (χ1v) is 12.6. The Balaban J connectivity index is 1.58. The molecule has 0 spiro atoms. The van der Waals surface area contributed by atoms with E-state index in [2.05, 4.69) is 121 Å². The molecule has 33 heavy (non-hydrogen) atoms. The Kier molecular flexibility index (Phi) is 5.14. The van der Waals surface area contributed by atoms with Gasteiger partial charge in [-0.05, 0) is 55.4 Å². The molecule has 4 atom stereocenters. The van der Waals surface area contributed by atoms with E-state index in [1.54, 1.807) is 0 Å². The molecule has 0 bridgehead atoms. The largest absolute Gasteiger partial charge is 0.347 e. The Bertz CT molecular complexity index is 1130. The smallest absolute Gasteiger partial charge is 0.110 e. The zero-order chi connectivity index (χ0) is 22.4. The monoisotopic (exact) mass is 434 g/mol. The molecular weight excluding hydrogens is 400 g/mol. The van der Waals surface area contributed by atoms with Crippen LogP contribution in [0.3, 0.4) is 0 Å². The van der Waals surface area contributed by atoms with Gasteiger partial charge in [0, 0.05) is 11.7 Å².